The Morgan fingerprint density at radius 3 is 2.22 bits per heavy atom. The molecule has 0 N–H and O–H groups in total. The second-order valence-electron chi connectivity index (χ2n) is 4.78. The molecular weight excluding hydrogens is 223 g/mol. The van der Waals surface area contributed by atoms with Crippen molar-refractivity contribution in [3.05, 3.63) is 59.4 Å². The molecule has 0 heterocycles. The molecule has 94 valence electrons. The van der Waals surface area contributed by atoms with Crippen LogP contribution in [0, 0.1) is 12.7 Å². The lowest BCUT2D eigenvalue weighted by atomic mass is 10.0. The zero-order valence-electron chi connectivity index (χ0n) is 11.0. The first-order chi connectivity index (χ1) is 8.70. The van der Waals surface area contributed by atoms with Crippen molar-refractivity contribution in [2.75, 3.05) is 0 Å². The molecule has 0 saturated heterocycles. The van der Waals surface area contributed by atoms with Crippen molar-refractivity contribution < 1.29 is 4.39 Å². The number of benzene rings is 2. The Labute approximate surface area is 108 Å². The molecule has 0 saturated carbocycles. The molecule has 0 amide bonds. The van der Waals surface area contributed by atoms with Crippen LogP contribution in [0.1, 0.15) is 30.9 Å². The van der Waals surface area contributed by atoms with Gasteiger partial charge in [0.25, 0.3) is 0 Å². The number of hydrogen-bond donors (Lipinski definition) is 0. The van der Waals surface area contributed by atoms with Gasteiger partial charge in [-0.3, -0.25) is 0 Å². The summed E-state index contributed by atoms with van der Waals surface area (Å²) >= 11 is 0. The molecule has 0 aliphatic heterocycles. The molecule has 18 heavy (non-hydrogen) atoms. The van der Waals surface area contributed by atoms with E-state index in [1.165, 1.54) is 5.56 Å². The van der Waals surface area contributed by atoms with Crippen LogP contribution in [0.5, 0.6) is 0 Å². The molecule has 0 fully saturated rings. The largest absolute Gasteiger partial charge is 0.207 e. The van der Waals surface area contributed by atoms with Gasteiger partial charge in [0.2, 0.25) is 0 Å². The van der Waals surface area contributed by atoms with E-state index in [4.69, 9.17) is 0 Å². The molecular formula is C17H19F. The highest BCUT2D eigenvalue weighted by Crippen LogP contribution is 2.23. The third-order valence-electron chi connectivity index (χ3n) is 3.24. The van der Waals surface area contributed by atoms with Crippen LogP contribution >= 0.6 is 0 Å². The Morgan fingerprint density at radius 2 is 1.61 bits per heavy atom. The molecule has 2 aromatic carbocycles. The monoisotopic (exact) mass is 242 g/mol. The van der Waals surface area contributed by atoms with Crippen LogP contribution in [-0.2, 0) is 6.42 Å². The molecule has 0 aliphatic rings. The summed E-state index contributed by atoms with van der Waals surface area (Å²) in [6, 6.07) is 13.8. The summed E-state index contributed by atoms with van der Waals surface area (Å²) in [6.45, 7) is 4.18. The smallest absolute Gasteiger partial charge is 0.127 e. The van der Waals surface area contributed by atoms with Crippen LogP contribution in [0.15, 0.2) is 42.5 Å². The Kier molecular flexibility index (Phi) is 4.14. The summed E-state index contributed by atoms with van der Waals surface area (Å²) in [5, 5.41) is 0. The highest BCUT2D eigenvalue weighted by atomic mass is 19.1. The number of halogens is 1. The van der Waals surface area contributed by atoms with E-state index in [2.05, 4.69) is 26.0 Å². The molecule has 1 heteroatoms. The zero-order chi connectivity index (χ0) is 13.0. The average Bonchev–Trinajstić information content (AvgIpc) is 2.38. The summed E-state index contributed by atoms with van der Waals surface area (Å²) in [4.78, 5) is 0. The summed E-state index contributed by atoms with van der Waals surface area (Å²) < 4.78 is 13.9. The van der Waals surface area contributed by atoms with Crippen molar-refractivity contribution in [3.8, 4) is 11.1 Å². The minimum atomic E-state index is -0.0819. The third-order valence-corrected chi connectivity index (χ3v) is 3.24. The van der Waals surface area contributed by atoms with E-state index < -0.39 is 0 Å². The summed E-state index contributed by atoms with van der Waals surface area (Å²) in [5.74, 6) is -0.0819. The summed E-state index contributed by atoms with van der Waals surface area (Å²) in [7, 11) is 0. The molecule has 0 spiro atoms. The highest BCUT2D eigenvalue weighted by Gasteiger charge is 2.04. The average molecular weight is 242 g/mol. The SMILES string of the molecule is CCCCc1ccc(-c2ccc(C)cc2)cc1F. The summed E-state index contributed by atoms with van der Waals surface area (Å²) in [5.41, 5.74) is 4.07. The Balaban J connectivity index is 2.25. The Hall–Kier alpha value is -1.63. The van der Waals surface area contributed by atoms with E-state index in [0.717, 1.165) is 36.0 Å². The number of aryl methyl sites for hydroxylation is 2. The first-order valence-electron chi connectivity index (χ1n) is 6.56. The van der Waals surface area contributed by atoms with Gasteiger partial charge in [0.05, 0.1) is 0 Å². The lowest BCUT2D eigenvalue weighted by Gasteiger charge is -2.06. The fourth-order valence-corrected chi connectivity index (χ4v) is 2.04. The van der Waals surface area contributed by atoms with Crippen molar-refractivity contribution in [3.63, 3.8) is 0 Å². The Bertz CT molecular complexity index is 512. The molecule has 0 atom stereocenters. The molecule has 0 aromatic heterocycles. The normalized spacial score (nSPS) is 10.6. The topological polar surface area (TPSA) is 0 Å². The molecule has 2 aromatic rings. The van der Waals surface area contributed by atoms with E-state index >= 15 is 0 Å². The van der Waals surface area contributed by atoms with E-state index in [0.29, 0.717) is 0 Å². The van der Waals surface area contributed by atoms with Crippen molar-refractivity contribution in [2.45, 2.75) is 33.1 Å². The van der Waals surface area contributed by atoms with E-state index in [-0.39, 0.29) is 5.82 Å². The molecule has 0 aliphatic carbocycles. The second kappa shape index (κ2) is 5.81. The predicted octanol–water partition coefficient (Wildman–Crippen LogP) is 5.14. The van der Waals surface area contributed by atoms with E-state index in [1.807, 2.05) is 24.3 Å². The fourth-order valence-electron chi connectivity index (χ4n) is 2.04. The van der Waals surface area contributed by atoms with Gasteiger partial charge in [0.1, 0.15) is 5.82 Å². The zero-order valence-corrected chi connectivity index (χ0v) is 11.0. The number of hydrogen-bond acceptors (Lipinski definition) is 0. The first-order valence-corrected chi connectivity index (χ1v) is 6.56. The number of rotatable bonds is 4. The quantitative estimate of drug-likeness (QED) is 0.696. The van der Waals surface area contributed by atoms with Gasteiger partial charge in [-0.05, 0) is 42.5 Å². The van der Waals surface area contributed by atoms with Crippen LogP contribution < -0.4 is 0 Å². The van der Waals surface area contributed by atoms with Crippen molar-refractivity contribution in [1.29, 1.82) is 0 Å². The van der Waals surface area contributed by atoms with Gasteiger partial charge in [-0.2, -0.15) is 0 Å². The molecule has 0 nitrogen and oxygen atoms in total. The minimum absolute atomic E-state index is 0.0819. The fraction of sp³-hybridized carbons (Fsp3) is 0.294. The van der Waals surface area contributed by atoms with E-state index in [1.54, 1.807) is 6.07 Å². The maximum atomic E-state index is 13.9. The summed E-state index contributed by atoms with van der Waals surface area (Å²) in [6.07, 6.45) is 2.97. The van der Waals surface area contributed by atoms with Gasteiger partial charge < -0.3 is 0 Å². The van der Waals surface area contributed by atoms with Crippen LogP contribution in [0.2, 0.25) is 0 Å². The third kappa shape index (κ3) is 2.98. The van der Waals surface area contributed by atoms with Crippen LogP contribution in [-0.4, -0.2) is 0 Å². The van der Waals surface area contributed by atoms with Gasteiger partial charge in [-0.1, -0.05) is 55.3 Å². The van der Waals surface area contributed by atoms with Gasteiger partial charge in [0, 0.05) is 0 Å². The lowest BCUT2D eigenvalue weighted by molar-refractivity contribution is 0.603. The van der Waals surface area contributed by atoms with Crippen molar-refractivity contribution >= 4 is 0 Å². The van der Waals surface area contributed by atoms with Crippen molar-refractivity contribution in [2.24, 2.45) is 0 Å². The number of unbranched alkanes of at least 4 members (excludes halogenated alkanes) is 1. The molecule has 0 bridgehead atoms. The van der Waals surface area contributed by atoms with Crippen LogP contribution in [0.25, 0.3) is 11.1 Å². The van der Waals surface area contributed by atoms with Gasteiger partial charge >= 0.3 is 0 Å². The maximum Gasteiger partial charge on any atom is 0.127 e. The Morgan fingerprint density at radius 1 is 0.944 bits per heavy atom. The van der Waals surface area contributed by atoms with Crippen molar-refractivity contribution in [1.82, 2.24) is 0 Å². The molecule has 0 unspecified atom stereocenters. The first kappa shape index (κ1) is 12.8. The molecule has 2 rings (SSSR count). The lowest BCUT2D eigenvalue weighted by Crippen LogP contribution is -1.91. The maximum absolute atomic E-state index is 13.9. The predicted molar refractivity (Wildman–Crippen MR) is 75.2 cm³/mol. The van der Waals surface area contributed by atoms with E-state index in [9.17, 15) is 4.39 Å². The standard InChI is InChI=1S/C17H19F/c1-3-4-5-15-10-11-16(12-17(15)18)14-8-6-13(2)7-9-14/h6-12H,3-5H2,1-2H3. The van der Waals surface area contributed by atoms with Crippen LogP contribution in [0.4, 0.5) is 4.39 Å². The minimum Gasteiger partial charge on any atom is -0.207 e. The van der Waals surface area contributed by atoms with Crippen LogP contribution in [0.3, 0.4) is 0 Å². The van der Waals surface area contributed by atoms with Gasteiger partial charge in [-0.25, -0.2) is 4.39 Å². The second-order valence-corrected chi connectivity index (χ2v) is 4.78. The molecule has 0 radical (unpaired) electrons. The highest BCUT2D eigenvalue weighted by molar-refractivity contribution is 5.64. The van der Waals surface area contributed by atoms with Gasteiger partial charge in [-0.15, -0.1) is 0 Å². The van der Waals surface area contributed by atoms with Gasteiger partial charge in [0.15, 0.2) is 0 Å².